The van der Waals surface area contributed by atoms with Crippen LogP contribution in [0, 0.1) is 11.3 Å². The number of hydrogen-bond acceptors (Lipinski definition) is 4. The molecule has 2 fully saturated rings. The molecule has 0 aliphatic carbocycles. The number of benzene rings is 1. The number of amides is 3. The lowest BCUT2D eigenvalue weighted by Gasteiger charge is -2.37. The van der Waals surface area contributed by atoms with Gasteiger partial charge >= 0.3 is 0 Å². The summed E-state index contributed by atoms with van der Waals surface area (Å²) in [6, 6.07) is 6.73. The first-order valence-corrected chi connectivity index (χ1v) is 10.8. The van der Waals surface area contributed by atoms with Crippen molar-refractivity contribution in [3.63, 3.8) is 0 Å². The van der Waals surface area contributed by atoms with Crippen LogP contribution in [0.3, 0.4) is 0 Å². The normalized spacial score (nSPS) is 20.2. The van der Waals surface area contributed by atoms with Crippen molar-refractivity contribution >= 4 is 23.4 Å². The van der Waals surface area contributed by atoms with E-state index in [1.165, 1.54) is 0 Å². The SMILES string of the molecule is COc1ccc(NC(=O)C2CCCN2C(=O)C2CCN(C(=O)C(C)(C)C)CC2)cc1. The Bertz CT molecular complexity index is 777. The van der Waals surface area contributed by atoms with Gasteiger partial charge in [-0.2, -0.15) is 0 Å². The summed E-state index contributed by atoms with van der Waals surface area (Å²) in [5, 5.41) is 2.92. The lowest BCUT2D eigenvalue weighted by Crippen LogP contribution is -2.50. The van der Waals surface area contributed by atoms with Gasteiger partial charge in [0.25, 0.3) is 0 Å². The fraction of sp³-hybridized carbons (Fsp3) is 0.609. The Kier molecular flexibility index (Phi) is 6.68. The van der Waals surface area contributed by atoms with Crippen LogP contribution in [-0.2, 0) is 14.4 Å². The molecule has 3 rings (SSSR count). The summed E-state index contributed by atoms with van der Waals surface area (Å²) in [6.07, 6.45) is 2.82. The van der Waals surface area contributed by atoms with Gasteiger partial charge in [0.2, 0.25) is 17.7 Å². The fourth-order valence-corrected chi connectivity index (χ4v) is 4.24. The van der Waals surface area contributed by atoms with Gasteiger partial charge in [-0.3, -0.25) is 14.4 Å². The second-order valence-corrected chi connectivity index (χ2v) is 9.22. The number of rotatable bonds is 4. The van der Waals surface area contributed by atoms with Gasteiger partial charge in [0, 0.05) is 36.7 Å². The molecule has 1 N–H and O–H groups in total. The van der Waals surface area contributed by atoms with Gasteiger partial charge < -0.3 is 19.9 Å². The van der Waals surface area contributed by atoms with Crippen molar-refractivity contribution in [1.82, 2.24) is 9.80 Å². The molecule has 0 aromatic heterocycles. The molecule has 30 heavy (non-hydrogen) atoms. The number of nitrogens with zero attached hydrogens (tertiary/aromatic N) is 2. The van der Waals surface area contributed by atoms with Gasteiger partial charge in [-0.1, -0.05) is 20.8 Å². The zero-order chi connectivity index (χ0) is 21.9. The van der Waals surface area contributed by atoms with E-state index in [2.05, 4.69) is 5.32 Å². The van der Waals surface area contributed by atoms with Crippen LogP contribution in [-0.4, -0.2) is 60.3 Å². The maximum Gasteiger partial charge on any atom is 0.247 e. The van der Waals surface area contributed by atoms with Crippen molar-refractivity contribution in [1.29, 1.82) is 0 Å². The highest BCUT2D eigenvalue weighted by atomic mass is 16.5. The molecule has 2 aliphatic rings. The lowest BCUT2D eigenvalue weighted by molar-refractivity contribution is -0.146. The van der Waals surface area contributed by atoms with Crippen LogP contribution in [0.1, 0.15) is 46.5 Å². The molecule has 0 radical (unpaired) electrons. The molecule has 3 amide bonds. The van der Waals surface area contributed by atoms with E-state index in [1.807, 2.05) is 25.7 Å². The summed E-state index contributed by atoms with van der Waals surface area (Å²) in [6.45, 7) is 7.57. The van der Waals surface area contributed by atoms with Gasteiger partial charge in [0.15, 0.2) is 0 Å². The molecule has 0 saturated carbocycles. The van der Waals surface area contributed by atoms with Gasteiger partial charge in [-0.25, -0.2) is 0 Å². The maximum absolute atomic E-state index is 13.2. The standard InChI is InChI=1S/C23H33N3O4/c1-23(2,3)22(29)25-14-11-16(12-15-25)21(28)26-13-5-6-19(26)20(27)24-17-7-9-18(30-4)10-8-17/h7-10,16,19H,5-6,11-15H2,1-4H3,(H,24,27). The third-order valence-electron chi connectivity index (χ3n) is 5.97. The summed E-state index contributed by atoms with van der Waals surface area (Å²) in [7, 11) is 1.60. The molecular weight excluding hydrogens is 382 g/mol. The van der Waals surface area contributed by atoms with Crippen molar-refractivity contribution < 1.29 is 19.1 Å². The molecule has 0 spiro atoms. The van der Waals surface area contributed by atoms with E-state index in [1.54, 1.807) is 36.3 Å². The van der Waals surface area contributed by atoms with E-state index >= 15 is 0 Å². The van der Waals surface area contributed by atoms with Crippen molar-refractivity contribution in [2.75, 3.05) is 32.1 Å². The number of nitrogens with one attached hydrogen (secondary N) is 1. The predicted octanol–water partition coefficient (Wildman–Crippen LogP) is 2.91. The molecule has 164 valence electrons. The van der Waals surface area contributed by atoms with E-state index in [9.17, 15) is 14.4 Å². The second-order valence-electron chi connectivity index (χ2n) is 9.22. The van der Waals surface area contributed by atoms with Crippen LogP contribution in [0.2, 0.25) is 0 Å². The molecular formula is C23H33N3O4. The summed E-state index contributed by atoms with van der Waals surface area (Å²) in [4.78, 5) is 42.1. The molecule has 7 heteroatoms. The minimum Gasteiger partial charge on any atom is -0.497 e. The molecule has 1 aromatic carbocycles. The monoisotopic (exact) mass is 415 g/mol. The van der Waals surface area contributed by atoms with Crippen molar-refractivity contribution in [3.05, 3.63) is 24.3 Å². The number of hydrogen-bond donors (Lipinski definition) is 1. The van der Waals surface area contributed by atoms with E-state index < -0.39 is 11.5 Å². The molecule has 7 nitrogen and oxygen atoms in total. The van der Waals surface area contributed by atoms with Crippen LogP contribution in [0.15, 0.2) is 24.3 Å². The third kappa shape index (κ3) is 4.94. The van der Waals surface area contributed by atoms with Crippen LogP contribution < -0.4 is 10.1 Å². The van der Waals surface area contributed by atoms with E-state index in [0.29, 0.717) is 44.6 Å². The van der Waals surface area contributed by atoms with Crippen molar-refractivity contribution in [3.8, 4) is 5.75 Å². The summed E-state index contributed by atoms with van der Waals surface area (Å²) < 4.78 is 5.14. The number of ether oxygens (including phenoxy) is 1. The Hall–Kier alpha value is -2.57. The molecule has 2 saturated heterocycles. The Morgan fingerprint density at radius 2 is 1.63 bits per heavy atom. The Labute approximate surface area is 178 Å². The van der Waals surface area contributed by atoms with E-state index in [-0.39, 0.29) is 23.6 Å². The van der Waals surface area contributed by atoms with Crippen LogP contribution in [0.25, 0.3) is 0 Å². The minimum absolute atomic E-state index is 0.0465. The van der Waals surface area contributed by atoms with Crippen molar-refractivity contribution in [2.45, 2.75) is 52.5 Å². The number of carbonyl (C=O) groups excluding carboxylic acids is 3. The average molecular weight is 416 g/mol. The molecule has 0 bridgehead atoms. The van der Waals surface area contributed by atoms with Gasteiger partial charge in [0.05, 0.1) is 7.11 Å². The highest BCUT2D eigenvalue weighted by Gasteiger charge is 2.39. The van der Waals surface area contributed by atoms with Gasteiger partial charge in [-0.05, 0) is 49.9 Å². The molecule has 2 heterocycles. The zero-order valence-electron chi connectivity index (χ0n) is 18.4. The first kappa shape index (κ1) is 22.1. The highest BCUT2D eigenvalue weighted by molar-refractivity contribution is 5.97. The van der Waals surface area contributed by atoms with Crippen LogP contribution in [0.5, 0.6) is 5.75 Å². The Balaban J connectivity index is 1.57. The zero-order valence-corrected chi connectivity index (χ0v) is 18.4. The summed E-state index contributed by atoms with van der Waals surface area (Å²) in [5.41, 5.74) is 0.283. The number of piperidine rings is 1. The number of carbonyl (C=O) groups is 3. The second kappa shape index (κ2) is 9.06. The minimum atomic E-state index is -0.436. The topological polar surface area (TPSA) is 79.0 Å². The van der Waals surface area contributed by atoms with Gasteiger partial charge in [0.1, 0.15) is 11.8 Å². The molecule has 1 aromatic rings. The number of methoxy groups -OCH3 is 1. The number of likely N-dealkylation sites (tertiary alicyclic amines) is 2. The quantitative estimate of drug-likeness (QED) is 0.820. The van der Waals surface area contributed by atoms with Crippen molar-refractivity contribution in [2.24, 2.45) is 11.3 Å². The molecule has 1 atom stereocenters. The third-order valence-corrected chi connectivity index (χ3v) is 5.97. The van der Waals surface area contributed by atoms with Crippen LogP contribution >= 0.6 is 0 Å². The first-order chi connectivity index (χ1) is 14.2. The maximum atomic E-state index is 13.2. The lowest BCUT2D eigenvalue weighted by atomic mass is 9.90. The number of anilines is 1. The smallest absolute Gasteiger partial charge is 0.247 e. The summed E-state index contributed by atoms with van der Waals surface area (Å²) >= 11 is 0. The Morgan fingerprint density at radius 3 is 2.20 bits per heavy atom. The molecule has 2 aliphatic heterocycles. The molecule has 1 unspecified atom stereocenters. The van der Waals surface area contributed by atoms with E-state index in [4.69, 9.17) is 4.74 Å². The first-order valence-electron chi connectivity index (χ1n) is 10.8. The average Bonchev–Trinajstić information content (AvgIpc) is 3.23. The van der Waals surface area contributed by atoms with Crippen LogP contribution in [0.4, 0.5) is 5.69 Å². The largest absolute Gasteiger partial charge is 0.497 e. The highest BCUT2D eigenvalue weighted by Crippen LogP contribution is 2.28. The predicted molar refractivity (Wildman–Crippen MR) is 115 cm³/mol. The Morgan fingerprint density at radius 1 is 1.00 bits per heavy atom. The van der Waals surface area contributed by atoms with E-state index in [0.717, 1.165) is 12.2 Å². The van der Waals surface area contributed by atoms with Gasteiger partial charge in [-0.15, -0.1) is 0 Å². The fourth-order valence-electron chi connectivity index (χ4n) is 4.24. The summed E-state index contributed by atoms with van der Waals surface area (Å²) in [5.74, 6) is 0.633.